The van der Waals surface area contributed by atoms with Crippen molar-refractivity contribution in [1.29, 1.82) is 0 Å². The molecule has 1 aliphatic heterocycles. The molecule has 1 saturated carbocycles. The van der Waals surface area contributed by atoms with Crippen LogP contribution in [-0.2, 0) is 9.53 Å². The predicted molar refractivity (Wildman–Crippen MR) is 125 cm³/mol. The van der Waals surface area contributed by atoms with E-state index in [2.05, 4.69) is 30.3 Å². The summed E-state index contributed by atoms with van der Waals surface area (Å²) in [4.78, 5) is 27.2. The molecule has 1 saturated heterocycles. The Morgan fingerprint density at radius 2 is 2.03 bits per heavy atom. The van der Waals surface area contributed by atoms with Crippen molar-refractivity contribution in [3.05, 3.63) is 42.5 Å². The predicted octanol–water partition coefficient (Wildman–Crippen LogP) is 3.71. The first-order valence-electron chi connectivity index (χ1n) is 12.0. The average Bonchev–Trinajstić information content (AvgIpc) is 3.45. The molecule has 1 N–H and O–H groups in total. The lowest BCUT2D eigenvalue weighted by molar-refractivity contribution is -0.117. The van der Waals surface area contributed by atoms with Crippen molar-refractivity contribution in [2.75, 3.05) is 36.5 Å². The zero-order chi connectivity index (χ0) is 25.0. The van der Waals surface area contributed by atoms with Gasteiger partial charge in [-0.25, -0.2) is 23.3 Å². The fourth-order valence-corrected chi connectivity index (χ4v) is 4.39. The number of alkyl halides is 2. The summed E-state index contributed by atoms with van der Waals surface area (Å²) in [5.74, 6) is 0.616. The minimum Gasteiger partial charge on any atom is -0.378 e. The lowest BCUT2D eigenvalue weighted by Gasteiger charge is -2.28. The van der Waals surface area contributed by atoms with Crippen LogP contribution in [0.4, 0.5) is 20.3 Å². The van der Waals surface area contributed by atoms with Crippen LogP contribution in [0.5, 0.6) is 0 Å². The Morgan fingerprint density at radius 1 is 1.23 bits per heavy atom. The van der Waals surface area contributed by atoms with Crippen molar-refractivity contribution in [1.82, 2.24) is 24.6 Å². The van der Waals surface area contributed by atoms with Gasteiger partial charge in [-0.1, -0.05) is 6.92 Å². The number of nitrogens with zero attached hydrogens (tertiary/aromatic N) is 6. The Bertz CT molecular complexity index is 1490. The second-order valence-electron chi connectivity index (χ2n) is 8.92. The lowest BCUT2D eigenvalue weighted by atomic mass is 10.1. The van der Waals surface area contributed by atoms with Gasteiger partial charge in [-0.2, -0.15) is 0 Å². The molecule has 2 fully saturated rings. The summed E-state index contributed by atoms with van der Waals surface area (Å²) < 4.78 is 42.9. The normalized spacial score (nSPS) is 20.5. The van der Waals surface area contributed by atoms with Crippen LogP contribution >= 0.6 is 0 Å². The van der Waals surface area contributed by atoms with Crippen molar-refractivity contribution in [3.8, 4) is 11.4 Å². The Labute approximate surface area is 200 Å². The van der Waals surface area contributed by atoms with Crippen molar-refractivity contribution in [2.45, 2.75) is 19.8 Å². The molecule has 5 heterocycles. The van der Waals surface area contributed by atoms with Crippen molar-refractivity contribution in [2.24, 2.45) is 11.8 Å². The highest BCUT2D eigenvalue weighted by Crippen LogP contribution is 2.39. The smallest absolute Gasteiger partial charge is 0.281 e. The highest BCUT2D eigenvalue weighted by molar-refractivity contribution is 6.00. The van der Waals surface area contributed by atoms with Crippen LogP contribution in [0.15, 0.2) is 36.8 Å². The minimum atomic E-state index is -2.80. The highest BCUT2D eigenvalue weighted by Gasteiger charge is 2.39. The van der Waals surface area contributed by atoms with Gasteiger partial charge in [-0.3, -0.25) is 9.78 Å². The molecule has 4 aromatic heterocycles. The van der Waals surface area contributed by atoms with Gasteiger partial charge in [0.05, 0.1) is 26.4 Å². The van der Waals surface area contributed by atoms with E-state index in [1.54, 1.807) is 12.1 Å². The number of carbonyl (C=O) groups is 1. The summed E-state index contributed by atoms with van der Waals surface area (Å²) in [6, 6.07) is 5.15. The number of ether oxygens (including phenoxy) is 1. The number of rotatable bonds is 5. The Hall–Kier alpha value is -3.73. The van der Waals surface area contributed by atoms with E-state index >= 15 is 0 Å². The molecule has 9 nitrogen and oxygen atoms in total. The molecule has 11 heteroatoms. The van der Waals surface area contributed by atoms with Crippen LogP contribution in [0.3, 0.4) is 0 Å². The van der Waals surface area contributed by atoms with Crippen LogP contribution in [-0.4, -0.2) is 56.8 Å². The van der Waals surface area contributed by atoms with Gasteiger partial charge in [-0.05, 0) is 30.5 Å². The van der Waals surface area contributed by atoms with E-state index in [0.29, 0.717) is 54.5 Å². The molecule has 2 aliphatic rings. The molecule has 0 bridgehead atoms. The molecule has 4 aromatic rings. The van der Waals surface area contributed by atoms with E-state index in [1.165, 1.54) is 16.9 Å². The molecular weight excluding hydrogens is 456 g/mol. The fraction of sp³-hybridized carbons (Fsp3) is 0.375. The molecule has 0 spiro atoms. The number of hydrogen-bond donors (Lipinski definition) is 1. The summed E-state index contributed by atoms with van der Waals surface area (Å²) in [6.45, 7) is 4.51. The summed E-state index contributed by atoms with van der Waals surface area (Å²) in [7, 11) is 0. The molecule has 1 amide bonds. The quantitative estimate of drug-likeness (QED) is 0.465. The zero-order valence-corrected chi connectivity index (χ0v) is 18.9. The Kier molecular flexibility index (Phi) is 5.00. The van der Waals surface area contributed by atoms with Gasteiger partial charge in [0.25, 0.3) is 6.43 Å². The number of aromatic nitrogens is 5. The van der Waals surface area contributed by atoms with Crippen LogP contribution in [0.1, 0.15) is 26.8 Å². The first-order chi connectivity index (χ1) is 17.4. The summed E-state index contributed by atoms with van der Waals surface area (Å²) in [5.41, 5.74) is 1.16. The van der Waals surface area contributed by atoms with E-state index in [-0.39, 0.29) is 35.0 Å². The molecular formula is C24H23F2N7O2. The third kappa shape index (κ3) is 4.05. The second-order valence-corrected chi connectivity index (χ2v) is 8.92. The van der Waals surface area contributed by atoms with Crippen LogP contribution in [0.2, 0.25) is 0 Å². The number of hydrogen-bond acceptors (Lipinski definition) is 7. The van der Waals surface area contributed by atoms with E-state index in [4.69, 9.17) is 6.11 Å². The van der Waals surface area contributed by atoms with E-state index in [1.807, 2.05) is 13.0 Å². The van der Waals surface area contributed by atoms with Crippen LogP contribution < -0.4 is 10.2 Å². The largest absolute Gasteiger partial charge is 0.378 e. The van der Waals surface area contributed by atoms with Crippen molar-refractivity contribution >= 4 is 33.8 Å². The molecule has 0 radical (unpaired) electrons. The molecule has 1 aliphatic carbocycles. The standard InChI is InChI=1S/C24H23F2N7O2/c1-13-8-15(13)24(34)29-19-9-16-17(10-27-19)21(22(25)26)28-11-18(16)23-30-20-3-2-14(12-33(20)31-23)32-4-6-35-7-5-32/h2-3,9-13,15,22H,4-8H2,1H3,(H,27,29,34)/t13-,15+/m1/s1/i12D. The maximum Gasteiger partial charge on any atom is 0.281 e. The summed E-state index contributed by atoms with van der Waals surface area (Å²) >= 11 is 0. The van der Waals surface area contributed by atoms with Gasteiger partial charge in [0.15, 0.2) is 11.5 Å². The number of nitrogens with one attached hydrogen (secondary N) is 1. The van der Waals surface area contributed by atoms with E-state index < -0.39 is 12.1 Å². The minimum absolute atomic E-state index is 0.0627. The number of fused-ring (bicyclic) bond motifs is 2. The number of halogens is 2. The van der Waals surface area contributed by atoms with Crippen molar-refractivity contribution < 1.29 is 19.7 Å². The van der Waals surface area contributed by atoms with Gasteiger partial charge in [0.2, 0.25) is 5.91 Å². The third-order valence-electron chi connectivity index (χ3n) is 6.54. The van der Waals surface area contributed by atoms with Gasteiger partial charge >= 0.3 is 0 Å². The first kappa shape index (κ1) is 20.6. The fourth-order valence-electron chi connectivity index (χ4n) is 4.39. The monoisotopic (exact) mass is 480 g/mol. The molecule has 6 rings (SSSR count). The summed E-state index contributed by atoms with van der Waals surface area (Å²) in [6.07, 6.45) is 0.780. The molecule has 0 unspecified atom stereocenters. The number of pyridine rings is 3. The SMILES string of the molecule is [2H]c1c(N2CCOCC2)ccc2nc(-c3cnc(C(F)F)c4cnc(NC(=O)[C@H]5C[C@H]5C)cc34)nn12. The van der Waals surface area contributed by atoms with Gasteiger partial charge in [0.1, 0.15) is 11.5 Å². The maximum atomic E-state index is 13.7. The average molecular weight is 480 g/mol. The van der Waals surface area contributed by atoms with E-state index in [0.717, 1.165) is 6.42 Å². The van der Waals surface area contributed by atoms with Gasteiger partial charge in [-0.15, -0.1) is 5.10 Å². The number of carbonyl (C=O) groups excluding carboxylic acids is 1. The molecule has 180 valence electrons. The summed E-state index contributed by atoms with van der Waals surface area (Å²) in [5, 5.41) is 7.86. The maximum absolute atomic E-state index is 13.7. The molecule has 35 heavy (non-hydrogen) atoms. The number of anilines is 2. The zero-order valence-electron chi connectivity index (χ0n) is 19.9. The second kappa shape index (κ2) is 8.49. The van der Waals surface area contributed by atoms with Crippen molar-refractivity contribution in [3.63, 3.8) is 0 Å². The Balaban J connectivity index is 1.44. The Morgan fingerprint density at radius 3 is 2.77 bits per heavy atom. The number of morpholine rings is 1. The van der Waals surface area contributed by atoms with Gasteiger partial charge < -0.3 is 15.0 Å². The number of amides is 1. The molecule has 2 atom stereocenters. The topological polar surface area (TPSA) is 97.5 Å². The first-order valence-corrected chi connectivity index (χ1v) is 11.5. The lowest BCUT2D eigenvalue weighted by Crippen LogP contribution is -2.36. The van der Waals surface area contributed by atoms with E-state index in [9.17, 15) is 13.6 Å². The van der Waals surface area contributed by atoms with Crippen LogP contribution in [0.25, 0.3) is 27.8 Å². The van der Waals surface area contributed by atoms with Crippen LogP contribution in [0, 0.1) is 11.8 Å². The third-order valence-corrected chi connectivity index (χ3v) is 6.54. The molecule has 0 aromatic carbocycles. The highest BCUT2D eigenvalue weighted by atomic mass is 19.3. The van der Waals surface area contributed by atoms with Gasteiger partial charge in [0, 0.05) is 47.7 Å².